The molecule has 29 heavy (non-hydrogen) atoms. The number of hydrogen-bond acceptors (Lipinski definition) is 4. The molecule has 3 rings (SSSR count). The predicted octanol–water partition coefficient (Wildman–Crippen LogP) is 4.63. The monoisotopic (exact) mass is 410 g/mol. The zero-order valence-electron chi connectivity index (χ0n) is 17.2. The molecule has 5 nitrogen and oxygen atoms in total. The minimum atomic E-state index is -0.784. The molecule has 1 atom stereocenters. The Morgan fingerprint density at radius 3 is 2.79 bits per heavy atom. The topological polar surface area (TPSA) is 50.8 Å². The minimum Gasteiger partial charge on any atom is -0.490 e. The highest BCUT2D eigenvalue weighted by molar-refractivity contribution is 5.68. The summed E-state index contributed by atoms with van der Waals surface area (Å²) in [6, 6.07) is 2.50. The van der Waals surface area contributed by atoms with Crippen LogP contribution in [0.5, 0.6) is 5.75 Å². The van der Waals surface area contributed by atoms with Crippen LogP contribution in [0.15, 0.2) is 12.1 Å². The Balaban J connectivity index is 1.55. The highest BCUT2D eigenvalue weighted by Crippen LogP contribution is 2.28. The van der Waals surface area contributed by atoms with E-state index in [1.807, 2.05) is 6.92 Å². The predicted molar refractivity (Wildman–Crippen MR) is 107 cm³/mol. The third-order valence-electron chi connectivity index (χ3n) is 6.05. The van der Waals surface area contributed by atoms with Crippen molar-refractivity contribution < 1.29 is 23.0 Å². The van der Waals surface area contributed by atoms with Gasteiger partial charge in [-0.1, -0.05) is 39.0 Å². The Bertz CT molecular complexity index is 680. The molecule has 2 fully saturated rings. The van der Waals surface area contributed by atoms with Crippen molar-refractivity contribution in [1.82, 2.24) is 10.2 Å². The highest BCUT2D eigenvalue weighted by atomic mass is 19.1. The van der Waals surface area contributed by atoms with E-state index in [-0.39, 0.29) is 17.4 Å². The van der Waals surface area contributed by atoms with E-state index in [2.05, 4.69) is 5.32 Å². The SMILES string of the molecule is CCC1CNCCN1C(=O)OCc1c(F)ccc(OCCC2CCCCC2)c1F. The fourth-order valence-corrected chi connectivity index (χ4v) is 4.21. The maximum atomic E-state index is 14.8. The fourth-order valence-electron chi connectivity index (χ4n) is 4.21. The van der Waals surface area contributed by atoms with Crippen LogP contribution >= 0.6 is 0 Å². The van der Waals surface area contributed by atoms with Gasteiger partial charge in [0.2, 0.25) is 0 Å². The number of benzene rings is 1. The zero-order chi connectivity index (χ0) is 20.6. The zero-order valence-corrected chi connectivity index (χ0v) is 17.2. The minimum absolute atomic E-state index is 0.0156. The molecule has 1 amide bonds. The van der Waals surface area contributed by atoms with Crippen LogP contribution in [0, 0.1) is 17.6 Å². The maximum Gasteiger partial charge on any atom is 0.410 e. The van der Waals surface area contributed by atoms with E-state index in [1.54, 1.807) is 4.90 Å². The van der Waals surface area contributed by atoms with Crippen molar-refractivity contribution in [3.05, 3.63) is 29.3 Å². The van der Waals surface area contributed by atoms with Crippen LogP contribution in [0.25, 0.3) is 0 Å². The van der Waals surface area contributed by atoms with Gasteiger partial charge in [0.05, 0.1) is 12.2 Å². The van der Waals surface area contributed by atoms with Crippen LogP contribution in [0.1, 0.15) is 57.4 Å². The second-order valence-corrected chi connectivity index (χ2v) is 7.99. The first-order valence-electron chi connectivity index (χ1n) is 10.8. The smallest absolute Gasteiger partial charge is 0.410 e. The van der Waals surface area contributed by atoms with E-state index in [0.717, 1.165) is 12.8 Å². The number of piperazine rings is 1. The molecule has 1 N–H and O–H groups in total. The quantitative estimate of drug-likeness (QED) is 0.712. The van der Waals surface area contributed by atoms with E-state index in [0.29, 0.717) is 32.2 Å². The van der Waals surface area contributed by atoms with Gasteiger partial charge in [0, 0.05) is 25.7 Å². The molecule has 1 aliphatic heterocycles. The van der Waals surface area contributed by atoms with Crippen molar-refractivity contribution in [2.75, 3.05) is 26.2 Å². The number of rotatable bonds is 7. The summed E-state index contributed by atoms with van der Waals surface area (Å²) in [6.07, 6.45) is 7.30. The Hall–Kier alpha value is -1.89. The number of nitrogens with zero attached hydrogens (tertiary/aromatic N) is 1. The molecule has 0 radical (unpaired) electrons. The van der Waals surface area contributed by atoms with Crippen molar-refractivity contribution in [1.29, 1.82) is 0 Å². The van der Waals surface area contributed by atoms with Crippen molar-refractivity contribution in [3.63, 3.8) is 0 Å². The van der Waals surface area contributed by atoms with E-state index >= 15 is 0 Å². The van der Waals surface area contributed by atoms with Crippen molar-refractivity contribution >= 4 is 6.09 Å². The molecule has 0 bridgehead atoms. The van der Waals surface area contributed by atoms with Gasteiger partial charge in [-0.2, -0.15) is 0 Å². The summed E-state index contributed by atoms with van der Waals surface area (Å²) in [5.74, 6) is -0.879. The average Bonchev–Trinajstić information content (AvgIpc) is 2.75. The second-order valence-electron chi connectivity index (χ2n) is 7.99. The molecular formula is C22H32F2N2O3. The van der Waals surface area contributed by atoms with E-state index < -0.39 is 24.3 Å². The Morgan fingerprint density at radius 1 is 1.24 bits per heavy atom. The van der Waals surface area contributed by atoms with Crippen LogP contribution in [0.3, 0.4) is 0 Å². The summed E-state index contributed by atoms with van der Waals surface area (Å²) in [5, 5.41) is 3.23. The summed E-state index contributed by atoms with van der Waals surface area (Å²) >= 11 is 0. The lowest BCUT2D eigenvalue weighted by atomic mass is 9.87. The molecule has 1 aliphatic carbocycles. The van der Waals surface area contributed by atoms with Gasteiger partial charge in [-0.15, -0.1) is 0 Å². The fraction of sp³-hybridized carbons (Fsp3) is 0.682. The average molecular weight is 411 g/mol. The summed E-state index contributed by atoms with van der Waals surface area (Å²) < 4.78 is 39.8. The van der Waals surface area contributed by atoms with Gasteiger partial charge in [0.1, 0.15) is 12.4 Å². The van der Waals surface area contributed by atoms with E-state index in [1.165, 1.54) is 44.2 Å². The molecule has 7 heteroatoms. The highest BCUT2D eigenvalue weighted by Gasteiger charge is 2.27. The summed E-state index contributed by atoms with van der Waals surface area (Å²) in [4.78, 5) is 14.0. The van der Waals surface area contributed by atoms with Gasteiger partial charge in [0.15, 0.2) is 11.6 Å². The Kier molecular flexibility index (Phi) is 8.09. The normalized spacial score (nSPS) is 20.5. The molecule has 162 valence electrons. The van der Waals surface area contributed by atoms with Gasteiger partial charge >= 0.3 is 6.09 Å². The van der Waals surface area contributed by atoms with Gasteiger partial charge in [-0.25, -0.2) is 13.6 Å². The molecule has 2 aliphatic rings. The molecule has 1 saturated heterocycles. The number of halogens is 2. The van der Waals surface area contributed by atoms with E-state index in [4.69, 9.17) is 9.47 Å². The van der Waals surface area contributed by atoms with Gasteiger partial charge in [-0.05, 0) is 30.9 Å². The van der Waals surface area contributed by atoms with Gasteiger partial charge in [0.25, 0.3) is 0 Å². The number of hydrogen-bond donors (Lipinski definition) is 1. The summed E-state index contributed by atoms with van der Waals surface area (Å²) in [5.41, 5.74) is -0.267. The summed E-state index contributed by atoms with van der Waals surface area (Å²) in [6.45, 7) is 3.84. The molecule has 1 saturated carbocycles. The number of carbonyl (C=O) groups is 1. The standard InChI is InChI=1S/C22H32F2N2O3/c1-2-17-14-25-11-12-26(17)22(27)29-15-18-19(23)8-9-20(21(18)24)28-13-10-16-6-4-3-5-7-16/h8-9,16-17,25H,2-7,10-15H2,1H3. The van der Waals surface area contributed by atoms with Crippen molar-refractivity contribution in [2.45, 2.75) is 64.5 Å². The lowest BCUT2D eigenvalue weighted by Crippen LogP contribution is -2.53. The number of nitrogens with one attached hydrogen (secondary N) is 1. The van der Waals surface area contributed by atoms with Gasteiger partial charge in [-0.3, -0.25) is 0 Å². The molecule has 0 aromatic heterocycles. The Morgan fingerprint density at radius 2 is 2.03 bits per heavy atom. The second kappa shape index (κ2) is 10.8. The van der Waals surface area contributed by atoms with Crippen LogP contribution in [-0.4, -0.2) is 43.3 Å². The maximum absolute atomic E-state index is 14.8. The Labute approximate surface area is 171 Å². The van der Waals surface area contributed by atoms with Gasteiger partial charge < -0.3 is 19.7 Å². The largest absolute Gasteiger partial charge is 0.490 e. The number of amides is 1. The third-order valence-corrected chi connectivity index (χ3v) is 6.05. The molecule has 0 spiro atoms. The molecule has 1 aromatic carbocycles. The first-order valence-corrected chi connectivity index (χ1v) is 10.8. The first-order chi connectivity index (χ1) is 14.1. The van der Waals surface area contributed by atoms with Crippen LogP contribution in [-0.2, 0) is 11.3 Å². The third kappa shape index (κ3) is 5.81. The van der Waals surface area contributed by atoms with Crippen LogP contribution < -0.4 is 10.1 Å². The molecular weight excluding hydrogens is 378 g/mol. The van der Waals surface area contributed by atoms with Crippen LogP contribution in [0.2, 0.25) is 0 Å². The lowest BCUT2D eigenvalue weighted by Gasteiger charge is -2.34. The molecule has 1 unspecified atom stereocenters. The first kappa shape index (κ1) is 21.8. The molecule has 1 heterocycles. The van der Waals surface area contributed by atoms with Crippen molar-refractivity contribution in [2.24, 2.45) is 5.92 Å². The van der Waals surface area contributed by atoms with Crippen molar-refractivity contribution in [3.8, 4) is 5.75 Å². The lowest BCUT2D eigenvalue weighted by molar-refractivity contribution is 0.0697. The summed E-state index contributed by atoms with van der Waals surface area (Å²) in [7, 11) is 0. The number of carbonyl (C=O) groups excluding carboxylic acids is 1. The number of ether oxygens (including phenoxy) is 2. The van der Waals surface area contributed by atoms with E-state index in [9.17, 15) is 13.6 Å². The molecule has 1 aromatic rings. The van der Waals surface area contributed by atoms with Crippen LogP contribution in [0.4, 0.5) is 13.6 Å².